The minimum atomic E-state index is 0.0152. The molecule has 21 heavy (non-hydrogen) atoms. The number of ketones is 1. The fourth-order valence-corrected chi connectivity index (χ4v) is 3.90. The molecule has 0 saturated carbocycles. The van der Waals surface area contributed by atoms with Crippen LogP contribution in [0, 0.1) is 5.92 Å². The quantitative estimate of drug-likeness (QED) is 0.837. The van der Waals surface area contributed by atoms with Crippen LogP contribution in [0.2, 0.25) is 0 Å². The minimum Gasteiger partial charge on any atom is -0.486 e. The van der Waals surface area contributed by atoms with Crippen molar-refractivity contribution in [1.82, 2.24) is 0 Å². The van der Waals surface area contributed by atoms with Crippen LogP contribution in [0.25, 0.3) is 0 Å². The van der Waals surface area contributed by atoms with Gasteiger partial charge in [-0.1, -0.05) is 13.3 Å². The fraction of sp³-hybridized carbons (Fsp3) is 0.688. The van der Waals surface area contributed by atoms with Crippen LogP contribution in [0.5, 0.6) is 5.75 Å². The second kappa shape index (κ2) is 6.69. The summed E-state index contributed by atoms with van der Waals surface area (Å²) in [6, 6.07) is 0. The topological polar surface area (TPSA) is 55.6 Å². The first-order chi connectivity index (χ1) is 9.93. The van der Waals surface area contributed by atoms with Crippen molar-refractivity contribution in [3.05, 3.63) is 4.88 Å². The van der Waals surface area contributed by atoms with Crippen molar-refractivity contribution in [3.63, 3.8) is 0 Å². The van der Waals surface area contributed by atoms with Crippen molar-refractivity contribution in [2.24, 2.45) is 5.92 Å². The summed E-state index contributed by atoms with van der Waals surface area (Å²) in [7, 11) is 0. The zero-order chi connectivity index (χ0) is 15.6. The number of nitrogens with zero attached hydrogens (tertiary/aromatic N) is 1. The van der Waals surface area contributed by atoms with Crippen LogP contribution in [-0.2, 0) is 0 Å². The number of anilines is 2. The lowest BCUT2D eigenvalue weighted by Crippen LogP contribution is -2.35. The van der Waals surface area contributed by atoms with E-state index in [0.29, 0.717) is 16.3 Å². The summed E-state index contributed by atoms with van der Waals surface area (Å²) in [6.45, 7) is 9.82. The van der Waals surface area contributed by atoms with Gasteiger partial charge in [-0.05, 0) is 32.6 Å². The molecule has 118 valence electrons. The van der Waals surface area contributed by atoms with Crippen LogP contribution in [0.3, 0.4) is 0 Å². The summed E-state index contributed by atoms with van der Waals surface area (Å²) < 4.78 is 5.92. The number of Topliss-reactive ketones (excluding diaryl/α,β-unsaturated/α-hetero) is 1. The summed E-state index contributed by atoms with van der Waals surface area (Å²) in [5, 5.41) is 1.03. The Bertz CT molecular complexity index is 511. The van der Waals surface area contributed by atoms with Gasteiger partial charge < -0.3 is 15.4 Å². The van der Waals surface area contributed by atoms with Gasteiger partial charge in [0, 0.05) is 20.0 Å². The third-order valence-electron chi connectivity index (χ3n) is 3.94. The number of carbonyl (C=O) groups is 1. The van der Waals surface area contributed by atoms with E-state index in [9.17, 15) is 4.79 Å². The highest BCUT2D eigenvalue weighted by molar-refractivity contribution is 7.19. The van der Waals surface area contributed by atoms with Crippen LogP contribution in [0.1, 0.15) is 56.6 Å². The number of thiophene rings is 1. The molecule has 1 aliphatic rings. The normalized spacial score (nSPS) is 19.1. The van der Waals surface area contributed by atoms with Crippen LogP contribution < -0.4 is 15.4 Å². The number of ether oxygens (including phenoxy) is 1. The molecule has 5 heteroatoms. The Hall–Kier alpha value is -1.23. The lowest BCUT2D eigenvalue weighted by molar-refractivity contribution is 0.102. The predicted molar refractivity (Wildman–Crippen MR) is 89.7 cm³/mol. The fourth-order valence-electron chi connectivity index (χ4n) is 2.82. The molecule has 2 N–H and O–H groups in total. The average molecular weight is 310 g/mol. The highest BCUT2D eigenvalue weighted by Gasteiger charge is 2.27. The molecule has 2 rings (SSSR count). The van der Waals surface area contributed by atoms with E-state index in [1.807, 2.05) is 13.8 Å². The van der Waals surface area contributed by atoms with Crippen LogP contribution in [-0.4, -0.2) is 25.0 Å². The second-order valence-electron chi connectivity index (χ2n) is 6.06. The Balaban J connectivity index is 2.36. The van der Waals surface area contributed by atoms with Crippen LogP contribution in [0.15, 0.2) is 0 Å². The van der Waals surface area contributed by atoms with Gasteiger partial charge in [0.2, 0.25) is 0 Å². The van der Waals surface area contributed by atoms with E-state index in [1.165, 1.54) is 30.6 Å². The van der Waals surface area contributed by atoms with E-state index in [1.54, 1.807) is 6.92 Å². The highest BCUT2D eigenvalue weighted by Crippen LogP contribution is 2.46. The molecular weight excluding hydrogens is 284 g/mol. The van der Waals surface area contributed by atoms with Gasteiger partial charge in [0.25, 0.3) is 0 Å². The van der Waals surface area contributed by atoms with E-state index in [4.69, 9.17) is 10.5 Å². The lowest BCUT2D eigenvalue weighted by atomic mass is 9.96. The molecule has 1 aromatic heterocycles. The molecule has 1 unspecified atom stereocenters. The number of hydrogen-bond acceptors (Lipinski definition) is 5. The summed E-state index contributed by atoms with van der Waals surface area (Å²) in [6.07, 6.45) is 3.71. The maximum atomic E-state index is 11.8. The Morgan fingerprint density at radius 1 is 1.52 bits per heavy atom. The number of nitrogens with two attached hydrogens (primary N) is 1. The van der Waals surface area contributed by atoms with Crippen molar-refractivity contribution in [3.8, 4) is 5.75 Å². The standard InChI is InChI=1S/C16H26N2O2S/c1-5-12-7-6-8-18(9-12)16-14(20-10(2)3)13(17)15(21-16)11(4)19/h10,12H,5-9,17H2,1-4H3. The predicted octanol–water partition coefficient (Wildman–Crippen LogP) is 3.95. The van der Waals surface area contributed by atoms with Gasteiger partial charge in [-0.15, -0.1) is 11.3 Å². The Morgan fingerprint density at radius 2 is 2.24 bits per heavy atom. The molecule has 0 spiro atoms. The Kier molecular flexibility index (Phi) is 5.14. The summed E-state index contributed by atoms with van der Waals surface area (Å²) >= 11 is 1.48. The van der Waals surface area contributed by atoms with Gasteiger partial charge in [0.05, 0.1) is 16.7 Å². The average Bonchev–Trinajstić information content (AvgIpc) is 2.76. The Labute approximate surface area is 131 Å². The zero-order valence-electron chi connectivity index (χ0n) is 13.4. The SMILES string of the molecule is CCC1CCCN(c2sc(C(C)=O)c(N)c2OC(C)C)C1. The molecule has 4 nitrogen and oxygen atoms in total. The lowest BCUT2D eigenvalue weighted by Gasteiger charge is -2.33. The van der Waals surface area contributed by atoms with Crippen LogP contribution >= 0.6 is 11.3 Å². The second-order valence-corrected chi connectivity index (χ2v) is 7.06. The van der Waals surface area contributed by atoms with E-state index in [-0.39, 0.29) is 11.9 Å². The van der Waals surface area contributed by atoms with Crippen molar-refractivity contribution < 1.29 is 9.53 Å². The summed E-state index contributed by atoms with van der Waals surface area (Å²) in [5.74, 6) is 1.44. The number of hydrogen-bond donors (Lipinski definition) is 1. The highest BCUT2D eigenvalue weighted by atomic mass is 32.1. The number of piperidine rings is 1. The van der Waals surface area contributed by atoms with E-state index in [0.717, 1.165) is 24.0 Å². The van der Waals surface area contributed by atoms with Gasteiger partial charge in [-0.2, -0.15) is 0 Å². The third-order valence-corrected chi connectivity index (χ3v) is 5.29. The van der Waals surface area contributed by atoms with Gasteiger partial charge in [-0.25, -0.2) is 0 Å². The van der Waals surface area contributed by atoms with E-state index < -0.39 is 0 Å². The van der Waals surface area contributed by atoms with Gasteiger partial charge in [0.15, 0.2) is 11.5 Å². The molecule has 1 atom stereocenters. The molecule has 0 aliphatic carbocycles. The first-order valence-electron chi connectivity index (χ1n) is 7.78. The molecule has 2 heterocycles. The zero-order valence-corrected chi connectivity index (χ0v) is 14.3. The third kappa shape index (κ3) is 3.51. The largest absolute Gasteiger partial charge is 0.486 e. The number of rotatable bonds is 5. The van der Waals surface area contributed by atoms with E-state index in [2.05, 4.69) is 11.8 Å². The minimum absolute atomic E-state index is 0.0152. The number of carbonyl (C=O) groups excluding carboxylic acids is 1. The molecule has 0 aromatic carbocycles. The van der Waals surface area contributed by atoms with Crippen LogP contribution in [0.4, 0.5) is 10.7 Å². The maximum Gasteiger partial charge on any atom is 0.177 e. The monoisotopic (exact) mass is 310 g/mol. The first kappa shape index (κ1) is 16.1. The smallest absolute Gasteiger partial charge is 0.177 e. The van der Waals surface area contributed by atoms with Gasteiger partial charge >= 0.3 is 0 Å². The van der Waals surface area contributed by atoms with Gasteiger partial charge in [0.1, 0.15) is 5.00 Å². The van der Waals surface area contributed by atoms with Crippen molar-refractivity contribution in [2.75, 3.05) is 23.7 Å². The summed E-state index contributed by atoms with van der Waals surface area (Å²) in [4.78, 5) is 14.8. The molecule has 0 bridgehead atoms. The van der Waals surface area contributed by atoms with Crippen molar-refractivity contribution in [2.45, 2.75) is 53.1 Å². The van der Waals surface area contributed by atoms with Crippen molar-refractivity contribution in [1.29, 1.82) is 0 Å². The first-order valence-corrected chi connectivity index (χ1v) is 8.60. The molecule has 1 saturated heterocycles. The van der Waals surface area contributed by atoms with Gasteiger partial charge in [-0.3, -0.25) is 4.79 Å². The molecule has 1 fully saturated rings. The molecule has 1 aliphatic heterocycles. The molecule has 0 amide bonds. The molecular formula is C16H26N2O2S. The molecule has 1 aromatic rings. The Morgan fingerprint density at radius 3 is 2.81 bits per heavy atom. The number of nitrogen functional groups attached to an aromatic ring is 1. The molecule has 0 radical (unpaired) electrons. The summed E-state index contributed by atoms with van der Waals surface area (Å²) in [5.41, 5.74) is 6.67. The van der Waals surface area contributed by atoms with E-state index >= 15 is 0 Å². The van der Waals surface area contributed by atoms with Crippen molar-refractivity contribution >= 4 is 27.8 Å². The maximum absolute atomic E-state index is 11.8.